The summed E-state index contributed by atoms with van der Waals surface area (Å²) < 4.78 is 10.7. The Morgan fingerprint density at radius 3 is 2.85 bits per heavy atom. The molecular weight excluding hydrogens is 350 g/mol. The van der Waals surface area contributed by atoms with Gasteiger partial charge in [-0.2, -0.15) is 4.98 Å². The molecule has 0 bridgehead atoms. The van der Waals surface area contributed by atoms with Gasteiger partial charge < -0.3 is 9.26 Å². The van der Waals surface area contributed by atoms with Crippen LogP contribution >= 0.6 is 11.6 Å². The summed E-state index contributed by atoms with van der Waals surface area (Å²) in [5.41, 5.74) is 2.15. The van der Waals surface area contributed by atoms with E-state index in [1.807, 2.05) is 36.4 Å². The van der Waals surface area contributed by atoms with E-state index in [1.54, 1.807) is 7.11 Å². The van der Waals surface area contributed by atoms with Crippen molar-refractivity contribution in [3.63, 3.8) is 0 Å². The van der Waals surface area contributed by atoms with Gasteiger partial charge in [-0.25, -0.2) is 0 Å². The van der Waals surface area contributed by atoms with Gasteiger partial charge in [0.1, 0.15) is 5.75 Å². The standard InChI is InChI=1S/C20H20ClN3O2/c1-25-17-9-7-14(8-10-17)18-6-3-11-24(18)13-19-22-20(23-26-19)15-4-2-5-16(21)12-15/h2,4-5,7-10,12,18H,3,6,11,13H2,1H3. The minimum Gasteiger partial charge on any atom is -0.497 e. The first kappa shape index (κ1) is 17.1. The van der Waals surface area contributed by atoms with E-state index in [2.05, 4.69) is 27.2 Å². The molecule has 3 aromatic rings. The lowest BCUT2D eigenvalue weighted by Crippen LogP contribution is -2.22. The molecule has 1 aliphatic rings. The highest BCUT2D eigenvalue weighted by atomic mass is 35.5. The number of hydrogen-bond acceptors (Lipinski definition) is 5. The van der Waals surface area contributed by atoms with Crippen molar-refractivity contribution in [3.8, 4) is 17.1 Å². The maximum absolute atomic E-state index is 6.04. The van der Waals surface area contributed by atoms with Crippen LogP contribution in [0.25, 0.3) is 11.4 Å². The maximum atomic E-state index is 6.04. The first-order chi connectivity index (χ1) is 12.7. The van der Waals surface area contributed by atoms with Gasteiger partial charge in [0, 0.05) is 16.6 Å². The van der Waals surface area contributed by atoms with Gasteiger partial charge in [-0.15, -0.1) is 0 Å². The fraction of sp³-hybridized carbons (Fsp3) is 0.300. The van der Waals surface area contributed by atoms with E-state index < -0.39 is 0 Å². The summed E-state index contributed by atoms with van der Waals surface area (Å²) in [6.07, 6.45) is 2.29. The molecule has 1 atom stereocenters. The number of rotatable bonds is 5. The van der Waals surface area contributed by atoms with Gasteiger partial charge in [-0.3, -0.25) is 4.90 Å². The smallest absolute Gasteiger partial charge is 0.241 e. The predicted molar refractivity (Wildman–Crippen MR) is 100 cm³/mol. The molecule has 6 heteroatoms. The molecular formula is C20H20ClN3O2. The van der Waals surface area contributed by atoms with Crippen molar-refractivity contribution < 1.29 is 9.26 Å². The maximum Gasteiger partial charge on any atom is 0.241 e. The fourth-order valence-corrected chi connectivity index (χ4v) is 3.65. The first-order valence-electron chi connectivity index (χ1n) is 8.69. The lowest BCUT2D eigenvalue weighted by Gasteiger charge is -2.23. The number of methoxy groups -OCH3 is 1. The van der Waals surface area contributed by atoms with Gasteiger partial charge >= 0.3 is 0 Å². The Hall–Kier alpha value is -2.37. The Morgan fingerprint density at radius 1 is 1.23 bits per heavy atom. The average molecular weight is 370 g/mol. The van der Waals surface area contributed by atoms with Gasteiger partial charge in [0.15, 0.2) is 0 Å². The Kier molecular flexibility index (Phi) is 4.91. The highest BCUT2D eigenvalue weighted by molar-refractivity contribution is 6.30. The van der Waals surface area contributed by atoms with Crippen LogP contribution in [0.2, 0.25) is 5.02 Å². The summed E-state index contributed by atoms with van der Waals surface area (Å²) in [6.45, 7) is 1.66. The molecule has 0 N–H and O–H groups in total. The molecule has 1 aromatic heterocycles. The number of likely N-dealkylation sites (tertiary alicyclic amines) is 1. The first-order valence-corrected chi connectivity index (χ1v) is 9.07. The Labute approximate surface area is 157 Å². The molecule has 0 spiro atoms. The van der Waals surface area contributed by atoms with Crippen molar-refractivity contribution in [2.75, 3.05) is 13.7 Å². The molecule has 2 aromatic carbocycles. The average Bonchev–Trinajstić information content (AvgIpc) is 3.32. The SMILES string of the molecule is COc1ccc(C2CCCN2Cc2nc(-c3cccc(Cl)c3)no2)cc1. The molecule has 26 heavy (non-hydrogen) atoms. The molecule has 1 unspecified atom stereocenters. The summed E-state index contributed by atoms with van der Waals surface area (Å²) in [7, 11) is 1.68. The number of benzene rings is 2. The minimum absolute atomic E-state index is 0.363. The van der Waals surface area contributed by atoms with Crippen LogP contribution in [0.1, 0.15) is 30.3 Å². The summed E-state index contributed by atoms with van der Waals surface area (Å²) in [5.74, 6) is 2.07. The zero-order valence-corrected chi connectivity index (χ0v) is 15.3. The number of nitrogens with zero attached hydrogens (tertiary/aromatic N) is 3. The second-order valence-electron chi connectivity index (χ2n) is 6.42. The quantitative estimate of drug-likeness (QED) is 0.650. The van der Waals surface area contributed by atoms with Crippen LogP contribution in [0.15, 0.2) is 53.1 Å². The van der Waals surface area contributed by atoms with Crippen molar-refractivity contribution >= 4 is 11.6 Å². The van der Waals surface area contributed by atoms with E-state index >= 15 is 0 Å². The topological polar surface area (TPSA) is 51.4 Å². The third kappa shape index (κ3) is 3.59. The molecule has 0 aliphatic carbocycles. The van der Waals surface area contributed by atoms with E-state index in [4.69, 9.17) is 20.9 Å². The van der Waals surface area contributed by atoms with Gasteiger partial charge in [0.25, 0.3) is 0 Å². The second-order valence-corrected chi connectivity index (χ2v) is 6.86. The molecule has 0 amide bonds. The zero-order chi connectivity index (χ0) is 17.9. The summed E-state index contributed by atoms with van der Waals surface area (Å²) in [4.78, 5) is 6.93. The van der Waals surface area contributed by atoms with Gasteiger partial charge in [0.2, 0.25) is 11.7 Å². The number of halogens is 1. The minimum atomic E-state index is 0.363. The van der Waals surface area contributed by atoms with E-state index in [1.165, 1.54) is 5.56 Å². The molecule has 134 valence electrons. The van der Waals surface area contributed by atoms with Crippen LogP contribution in [-0.4, -0.2) is 28.7 Å². The zero-order valence-electron chi connectivity index (χ0n) is 14.6. The number of ether oxygens (including phenoxy) is 1. The van der Waals surface area contributed by atoms with Crippen molar-refractivity contribution in [2.24, 2.45) is 0 Å². The van der Waals surface area contributed by atoms with Crippen molar-refractivity contribution in [1.29, 1.82) is 0 Å². The van der Waals surface area contributed by atoms with Gasteiger partial charge in [0.05, 0.1) is 13.7 Å². The molecule has 1 aliphatic heterocycles. The van der Waals surface area contributed by atoms with Crippen LogP contribution in [0.5, 0.6) is 5.75 Å². The van der Waals surface area contributed by atoms with Gasteiger partial charge in [-0.05, 0) is 49.2 Å². The van der Waals surface area contributed by atoms with Crippen molar-refractivity contribution in [2.45, 2.75) is 25.4 Å². The normalized spacial score (nSPS) is 17.5. The fourth-order valence-electron chi connectivity index (χ4n) is 3.46. The highest BCUT2D eigenvalue weighted by Gasteiger charge is 2.27. The molecule has 5 nitrogen and oxygen atoms in total. The van der Waals surface area contributed by atoms with Crippen molar-refractivity contribution in [3.05, 3.63) is 65.0 Å². The third-order valence-electron chi connectivity index (χ3n) is 4.75. The van der Waals surface area contributed by atoms with E-state index in [9.17, 15) is 0 Å². The van der Waals surface area contributed by atoms with E-state index in [0.29, 0.717) is 29.3 Å². The third-order valence-corrected chi connectivity index (χ3v) is 4.99. The highest BCUT2D eigenvalue weighted by Crippen LogP contribution is 2.34. The molecule has 4 rings (SSSR count). The Balaban J connectivity index is 1.49. The molecule has 0 radical (unpaired) electrons. The number of aromatic nitrogens is 2. The summed E-state index contributed by atoms with van der Waals surface area (Å²) >= 11 is 6.04. The van der Waals surface area contributed by atoms with Crippen LogP contribution in [0.3, 0.4) is 0 Å². The lowest BCUT2D eigenvalue weighted by atomic mass is 10.0. The Morgan fingerprint density at radius 2 is 2.08 bits per heavy atom. The van der Waals surface area contributed by atoms with Crippen molar-refractivity contribution in [1.82, 2.24) is 15.0 Å². The largest absolute Gasteiger partial charge is 0.497 e. The van der Waals surface area contributed by atoms with Crippen LogP contribution < -0.4 is 4.74 Å². The van der Waals surface area contributed by atoms with Crippen LogP contribution in [0.4, 0.5) is 0 Å². The van der Waals surface area contributed by atoms with Crippen LogP contribution in [-0.2, 0) is 6.54 Å². The Bertz CT molecular complexity index is 879. The van der Waals surface area contributed by atoms with Gasteiger partial charge in [-0.1, -0.05) is 41.0 Å². The molecule has 1 fully saturated rings. The van der Waals surface area contributed by atoms with Crippen LogP contribution in [0, 0.1) is 0 Å². The lowest BCUT2D eigenvalue weighted by molar-refractivity contribution is 0.212. The monoisotopic (exact) mass is 369 g/mol. The second kappa shape index (κ2) is 7.48. The molecule has 2 heterocycles. The summed E-state index contributed by atoms with van der Waals surface area (Å²) in [6, 6.07) is 16.1. The predicted octanol–water partition coefficient (Wildman–Crippen LogP) is 4.74. The number of hydrogen-bond donors (Lipinski definition) is 0. The van der Waals surface area contributed by atoms with E-state index in [-0.39, 0.29) is 0 Å². The molecule has 0 saturated carbocycles. The summed E-state index contributed by atoms with van der Waals surface area (Å²) in [5, 5.41) is 4.76. The van der Waals surface area contributed by atoms with E-state index in [0.717, 1.165) is 30.7 Å². The molecule has 1 saturated heterocycles.